The zero-order chi connectivity index (χ0) is 15.2. The molecule has 1 amide bonds. The predicted molar refractivity (Wildman–Crippen MR) is 75.0 cm³/mol. The average Bonchev–Trinajstić information content (AvgIpc) is 2.99. The number of esters is 1. The highest BCUT2D eigenvalue weighted by Crippen LogP contribution is 2.70. The van der Waals surface area contributed by atoms with E-state index in [1.165, 1.54) is 7.11 Å². The van der Waals surface area contributed by atoms with Crippen molar-refractivity contribution in [1.82, 2.24) is 10.2 Å². The molecule has 2 heterocycles. The standard InChI is InChI=1S/C15H23N3O3/c1-13(2)10(16)11(19)18-9(12(20)21-3)8-6-15(18,17-13)7-14(8)4-5-14/h8-10,17H,4-7,16H2,1-3H3/t8-,9-,10+,15-/m0/s1. The van der Waals surface area contributed by atoms with Crippen molar-refractivity contribution in [3.63, 3.8) is 0 Å². The van der Waals surface area contributed by atoms with E-state index in [1.807, 2.05) is 13.8 Å². The zero-order valence-electron chi connectivity index (χ0n) is 12.8. The quantitative estimate of drug-likeness (QED) is 0.663. The first-order valence-corrected chi connectivity index (χ1v) is 7.72. The first kappa shape index (κ1) is 13.5. The molecule has 116 valence electrons. The molecule has 0 aromatic heterocycles. The Morgan fingerprint density at radius 2 is 2.10 bits per heavy atom. The molecule has 4 atom stereocenters. The van der Waals surface area contributed by atoms with Gasteiger partial charge in [-0.2, -0.15) is 0 Å². The van der Waals surface area contributed by atoms with Crippen molar-refractivity contribution in [2.75, 3.05) is 7.11 Å². The van der Waals surface area contributed by atoms with Crippen molar-refractivity contribution in [3.8, 4) is 0 Å². The second-order valence-corrected chi connectivity index (χ2v) is 7.88. The lowest BCUT2D eigenvalue weighted by atomic mass is 9.80. The smallest absolute Gasteiger partial charge is 0.328 e. The van der Waals surface area contributed by atoms with Crippen LogP contribution in [0.25, 0.3) is 0 Å². The number of ether oxygens (including phenoxy) is 1. The van der Waals surface area contributed by atoms with Gasteiger partial charge in [0.1, 0.15) is 12.1 Å². The van der Waals surface area contributed by atoms with Crippen molar-refractivity contribution >= 4 is 11.9 Å². The third kappa shape index (κ3) is 1.45. The summed E-state index contributed by atoms with van der Waals surface area (Å²) >= 11 is 0. The maximum absolute atomic E-state index is 12.8. The minimum absolute atomic E-state index is 0.118. The van der Waals surface area contributed by atoms with Crippen LogP contribution >= 0.6 is 0 Å². The van der Waals surface area contributed by atoms with Crippen LogP contribution in [0.5, 0.6) is 0 Å². The highest BCUT2D eigenvalue weighted by Gasteiger charge is 2.75. The van der Waals surface area contributed by atoms with Crippen molar-refractivity contribution in [1.29, 1.82) is 0 Å². The van der Waals surface area contributed by atoms with Crippen LogP contribution in [0, 0.1) is 11.3 Å². The van der Waals surface area contributed by atoms with E-state index in [9.17, 15) is 9.59 Å². The Balaban J connectivity index is 1.80. The summed E-state index contributed by atoms with van der Waals surface area (Å²) in [7, 11) is 1.40. The van der Waals surface area contributed by atoms with Crippen LogP contribution in [-0.4, -0.2) is 47.2 Å². The summed E-state index contributed by atoms with van der Waals surface area (Å²) in [4.78, 5) is 26.8. The number of hydrogen-bond acceptors (Lipinski definition) is 5. The number of nitrogens with zero attached hydrogens (tertiary/aromatic N) is 1. The Morgan fingerprint density at radius 3 is 2.67 bits per heavy atom. The first-order valence-electron chi connectivity index (χ1n) is 7.72. The van der Waals surface area contributed by atoms with Crippen molar-refractivity contribution in [2.24, 2.45) is 17.1 Å². The number of nitrogens with two attached hydrogens (primary N) is 1. The van der Waals surface area contributed by atoms with Gasteiger partial charge in [-0.15, -0.1) is 0 Å². The normalized spacial score (nSPS) is 44.9. The molecule has 2 bridgehead atoms. The maximum Gasteiger partial charge on any atom is 0.328 e. The molecule has 0 aromatic carbocycles. The number of amides is 1. The van der Waals surface area contributed by atoms with Gasteiger partial charge >= 0.3 is 5.97 Å². The molecule has 2 saturated carbocycles. The number of piperidine rings is 1. The topological polar surface area (TPSA) is 84.7 Å². The van der Waals surface area contributed by atoms with Crippen LogP contribution < -0.4 is 11.1 Å². The Morgan fingerprint density at radius 1 is 1.43 bits per heavy atom. The summed E-state index contributed by atoms with van der Waals surface area (Å²) < 4.78 is 4.99. The van der Waals surface area contributed by atoms with Gasteiger partial charge in [-0.05, 0) is 50.9 Å². The van der Waals surface area contributed by atoms with E-state index in [0.717, 1.165) is 25.7 Å². The molecule has 4 aliphatic rings. The third-order valence-electron chi connectivity index (χ3n) is 6.28. The van der Waals surface area contributed by atoms with Crippen LogP contribution in [0.2, 0.25) is 0 Å². The van der Waals surface area contributed by atoms with E-state index in [2.05, 4.69) is 5.32 Å². The van der Waals surface area contributed by atoms with Crippen molar-refractivity contribution < 1.29 is 14.3 Å². The molecule has 6 nitrogen and oxygen atoms in total. The van der Waals surface area contributed by atoms with E-state index in [4.69, 9.17) is 10.5 Å². The average molecular weight is 293 g/mol. The number of hydrogen-bond donors (Lipinski definition) is 2. The Kier molecular flexibility index (Phi) is 2.32. The summed E-state index contributed by atoms with van der Waals surface area (Å²) in [6, 6.07) is -1.10. The van der Waals surface area contributed by atoms with Crippen molar-refractivity contribution in [3.05, 3.63) is 0 Å². The second-order valence-electron chi connectivity index (χ2n) is 7.88. The molecular formula is C15H23N3O3. The van der Waals surface area contributed by atoms with E-state index in [0.29, 0.717) is 0 Å². The summed E-state index contributed by atoms with van der Waals surface area (Å²) in [5, 5.41) is 3.62. The molecule has 21 heavy (non-hydrogen) atoms. The lowest BCUT2D eigenvalue weighted by Gasteiger charge is -2.55. The predicted octanol–water partition coefficient (Wildman–Crippen LogP) is -0.0342. The number of carbonyl (C=O) groups is 2. The molecule has 2 spiro atoms. The minimum Gasteiger partial charge on any atom is -0.467 e. The monoisotopic (exact) mass is 293 g/mol. The molecule has 3 N–H and O–H groups in total. The highest BCUT2D eigenvalue weighted by molar-refractivity contribution is 5.91. The SMILES string of the molecule is COC(=O)[C@@H]1[C@@H]2C[C@]3(CC24CC4)NC(C)(C)[C@H](N)C(=O)N13. The van der Waals surface area contributed by atoms with Crippen molar-refractivity contribution in [2.45, 2.75) is 62.8 Å². The molecule has 0 unspecified atom stereocenters. The lowest BCUT2D eigenvalue weighted by molar-refractivity contribution is -0.169. The van der Waals surface area contributed by atoms with Crippen LogP contribution in [0.1, 0.15) is 39.5 Å². The van der Waals surface area contributed by atoms with Crippen LogP contribution in [0.15, 0.2) is 0 Å². The van der Waals surface area contributed by atoms with Gasteiger partial charge in [-0.25, -0.2) is 4.79 Å². The van der Waals surface area contributed by atoms with Crippen LogP contribution in [0.3, 0.4) is 0 Å². The molecule has 2 aliphatic heterocycles. The zero-order valence-corrected chi connectivity index (χ0v) is 12.8. The fourth-order valence-electron chi connectivity index (χ4n) is 5.18. The van der Waals surface area contributed by atoms with E-state index in [-0.39, 0.29) is 23.2 Å². The van der Waals surface area contributed by atoms with Crippen LogP contribution in [0.4, 0.5) is 0 Å². The molecule has 6 heteroatoms. The van der Waals surface area contributed by atoms with Gasteiger partial charge < -0.3 is 15.4 Å². The Bertz CT molecular complexity index is 542. The molecule has 4 rings (SSSR count). The molecule has 4 fully saturated rings. The van der Waals surface area contributed by atoms with E-state index < -0.39 is 23.3 Å². The minimum atomic E-state index is -0.634. The molecule has 0 radical (unpaired) electrons. The Hall–Kier alpha value is -1.14. The molecule has 2 aliphatic carbocycles. The van der Waals surface area contributed by atoms with Gasteiger partial charge in [0.2, 0.25) is 5.91 Å². The maximum atomic E-state index is 12.8. The van der Waals surface area contributed by atoms with Gasteiger partial charge in [0.25, 0.3) is 0 Å². The second kappa shape index (κ2) is 3.60. The Labute approximate surface area is 124 Å². The third-order valence-corrected chi connectivity index (χ3v) is 6.28. The summed E-state index contributed by atoms with van der Waals surface area (Å²) in [5.41, 5.74) is 5.50. The van der Waals surface area contributed by atoms with Gasteiger partial charge in [-0.1, -0.05) is 0 Å². The number of methoxy groups -OCH3 is 1. The van der Waals surface area contributed by atoms with E-state index in [1.54, 1.807) is 4.90 Å². The highest BCUT2D eigenvalue weighted by atomic mass is 16.5. The van der Waals surface area contributed by atoms with Gasteiger partial charge in [-0.3, -0.25) is 10.1 Å². The van der Waals surface area contributed by atoms with E-state index >= 15 is 0 Å². The van der Waals surface area contributed by atoms with Gasteiger partial charge in [0.15, 0.2) is 0 Å². The molecule has 2 saturated heterocycles. The lowest BCUT2D eigenvalue weighted by Crippen LogP contribution is -2.79. The fourth-order valence-corrected chi connectivity index (χ4v) is 5.18. The summed E-state index contributed by atoms with van der Waals surface area (Å²) in [6.07, 6.45) is 4.10. The number of fused-ring (bicyclic) bond motifs is 2. The van der Waals surface area contributed by atoms with Gasteiger partial charge in [0, 0.05) is 5.54 Å². The number of nitrogens with one attached hydrogen (secondary N) is 1. The summed E-state index contributed by atoms with van der Waals surface area (Å²) in [6.45, 7) is 3.94. The number of carbonyl (C=O) groups excluding carboxylic acids is 2. The molecule has 0 aromatic rings. The number of rotatable bonds is 1. The van der Waals surface area contributed by atoms with Crippen LogP contribution in [-0.2, 0) is 14.3 Å². The fraction of sp³-hybridized carbons (Fsp3) is 0.867. The largest absolute Gasteiger partial charge is 0.467 e. The first-order chi connectivity index (χ1) is 9.76. The van der Waals surface area contributed by atoms with Gasteiger partial charge in [0.05, 0.1) is 12.8 Å². The molecular weight excluding hydrogens is 270 g/mol. The summed E-state index contributed by atoms with van der Waals surface area (Å²) in [5.74, 6) is -0.204.